The van der Waals surface area contributed by atoms with Crippen LogP contribution in [0.4, 0.5) is 0 Å². The van der Waals surface area contributed by atoms with Crippen molar-refractivity contribution in [1.29, 1.82) is 0 Å². The number of rotatable bonds is 3. The Bertz CT molecular complexity index is 466. The van der Waals surface area contributed by atoms with Gasteiger partial charge in [0.1, 0.15) is 0 Å². The summed E-state index contributed by atoms with van der Waals surface area (Å²) in [7, 11) is 0. The Hall–Kier alpha value is -1.24. The summed E-state index contributed by atoms with van der Waals surface area (Å²) >= 11 is 0. The molecule has 1 unspecified atom stereocenters. The van der Waals surface area contributed by atoms with Crippen LogP contribution in [0, 0.1) is 11.3 Å². The van der Waals surface area contributed by atoms with Gasteiger partial charge >= 0.3 is 0 Å². The highest BCUT2D eigenvalue weighted by Crippen LogP contribution is 2.43. The minimum Gasteiger partial charge on any atom is -0.405 e. The van der Waals surface area contributed by atoms with E-state index in [0.717, 1.165) is 17.9 Å². The van der Waals surface area contributed by atoms with E-state index in [1.54, 1.807) is 6.20 Å². The Labute approximate surface area is 125 Å². The quantitative estimate of drug-likeness (QED) is 0.674. The predicted octanol–water partition coefficient (Wildman–Crippen LogP) is 5.51. The van der Waals surface area contributed by atoms with E-state index in [9.17, 15) is 0 Å². The Kier molecular flexibility index (Phi) is 5.44. The lowest BCUT2D eigenvalue weighted by Crippen LogP contribution is -2.24. The zero-order valence-electron chi connectivity index (χ0n) is 14.1. The van der Waals surface area contributed by atoms with E-state index < -0.39 is 0 Å². The third-order valence-electron chi connectivity index (χ3n) is 4.53. The second-order valence-electron chi connectivity index (χ2n) is 7.26. The summed E-state index contributed by atoms with van der Waals surface area (Å²) in [4.78, 5) is 0. The maximum Gasteiger partial charge on any atom is -0.00595 e. The van der Waals surface area contributed by atoms with Crippen LogP contribution in [-0.2, 0) is 0 Å². The molecule has 1 rings (SSSR count). The molecule has 1 heteroatoms. The van der Waals surface area contributed by atoms with Crippen LogP contribution in [-0.4, -0.2) is 0 Å². The average Bonchev–Trinajstić information content (AvgIpc) is 2.30. The van der Waals surface area contributed by atoms with Gasteiger partial charge in [0.25, 0.3) is 0 Å². The van der Waals surface area contributed by atoms with E-state index in [2.05, 4.69) is 48.1 Å². The number of allylic oxidation sites excluding steroid dienone is 6. The summed E-state index contributed by atoms with van der Waals surface area (Å²) in [5.74, 6) is 0.741. The van der Waals surface area contributed by atoms with Crippen LogP contribution in [0.2, 0.25) is 0 Å². The maximum atomic E-state index is 5.57. The summed E-state index contributed by atoms with van der Waals surface area (Å²) in [5.41, 5.74) is 12.6. The van der Waals surface area contributed by atoms with Crippen molar-refractivity contribution in [3.63, 3.8) is 0 Å². The van der Waals surface area contributed by atoms with Crippen LogP contribution >= 0.6 is 0 Å². The summed E-state index contributed by atoms with van der Waals surface area (Å²) in [6.07, 6.45) is 7.28. The highest BCUT2D eigenvalue weighted by Gasteiger charge is 2.30. The van der Waals surface area contributed by atoms with E-state index in [1.165, 1.54) is 35.1 Å². The zero-order chi connectivity index (χ0) is 15.5. The van der Waals surface area contributed by atoms with E-state index in [4.69, 9.17) is 5.73 Å². The smallest absolute Gasteiger partial charge is 0.00595 e. The van der Waals surface area contributed by atoms with E-state index in [1.807, 2.05) is 6.08 Å². The molecule has 0 heterocycles. The first-order chi connectivity index (χ1) is 9.18. The molecule has 2 N–H and O–H groups in total. The lowest BCUT2D eigenvalue weighted by Gasteiger charge is -2.36. The summed E-state index contributed by atoms with van der Waals surface area (Å²) in [5, 5.41) is 0. The molecule has 0 spiro atoms. The molecule has 0 aliphatic heterocycles. The molecular weight excluding hydrogens is 242 g/mol. The zero-order valence-corrected chi connectivity index (χ0v) is 14.1. The van der Waals surface area contributed by atoms with Crippen molar-refractivity contribution in [1.82, 2.24) is 0 Å². The molecule has 0 saturated heterocycles. The van der Waals surface area contributed by atoms with Gasteiger partial charge in [0.2, 0.25) is 0 Å². The minimum absolute atomic E-state index is 0.365. The maximum absolute atomic E-state index is 5.57. The van der Waals surface area contributed by atoms with Gasteiger partial charge in [0.15, 0.2) is 0 Å². The van der Waals surface area contributed by atoms with Gasteiger partial charge in [-0.25, -0.2) is 0 Å². The fourth-order valence-corrected chi connectivity index (χ4v) is 3.18. The van der Waals surface area contributed by atoms with Crippen molar-refractivity contribution in [2.45, 2.75) is 60.8 Å². The van der Waals surface area contributed by atoms with E-state index in [-0.39, 0.29) is 0 Å². The molecule has 0 aromatic carbocycles. The van der Waals surface area contributed by atoms with Crippen molar-refractivity contribution in [3.8, 4) is 0 Å². The van der Waals surface area contributed by atoms with Gasteiger partial charge in [-0.15, -0.1) is 0 Å². The van der Waals surface area contributed by atoms with Crippen molar-refractivity contribution in [2.75, 3.05) is 0 Å². The SMILES string of the molecule is C=C(C)/C(C1=C(C)CCC(C(C)(C)C)C1)=C(C)\C=C/N. The van der Waals surface area contributed by atoms with Crippen LogP contribution in [0.15, 0.2) is 46.7 Å². The van der Waals surface area contributed by atoms with Gasteiger partial charge in [-0.3, -0.25) is 0 Å². The van der Waals surface area contributed by atoms with Gasteiger partial charge in [-0.05, 0) is 80.4 Å². The number of hydrogen-bond acceptors (Lipinski definition) is 1. The second kappa shape index (κ2) is 6.47. The first-order valence-corrected chi connectivity index (χ1v) is 7.62. The van der Waals surface area contributed by atoms with Gasteiger partial charge in [0, 0.05) is 0 Å². The predicted molar refractivity (Wildman–Crippen MR) is 90.3 cm³/mol. The van der Waals surface area contributed by atoms with Crippen molar-refractivity contribution < 1.29 is 0 Å². The molecule has 0 aromatic heterocycles. The van der Waals surface area contributed by atoms with Crippen LogP contribution in [0.25, 0.3) is 0 Å². The number of hydrogen-bond donors (Lipinski definition) is 1. The molecule has 0 amide bonds. The Morgan fingerprint density at radius 1 is 1.30 bits per heavy atom. The molecule has 0 saturated carbocycles. The molecule has 1 atom stereocenters. The van der Waals surface area contributed by atoms with Crippen LogP contribution in [0.3, 0.4) is 0 Å². The van der Waals surface area contributed by atoms with Gasteiger partial charge < -0.3 is 5.73 Å². The standard InChI is InChI=1S/C19H31N/c1-13(2)18(15(4)10-11-20)17-12-16(19(5,6)7)9-8-14(17)3/h10-11,16H,1,8-9,12,20H2,2-7H3/b11-10-,18-15+. The summed E-state index contributed by atoms with van der Waals surface area (Å²) < 4.78 is 0. The summed E-state index contributed by atoms with van der Waals surface area (Å²) in [6.45, 7) is 17.8. The number of nitrogens with two attached hydrogens (primary N) is 1. The molecule has 0 fully saturated rings. The molecule has 1 nitrogen and oxygen atoms in total. The Morgan fingerprint density at radius 2 is 1.90 bits per heavy atom. The Morgan fingerprint density at radius 3 is 2.35 bits per heavy atom. The molecule has 0 radical (unpaired) electrons. The third kappa shape index (κ3) is 3.88. The van der Waals surface area contributed by atoms with Crippen LogP contribution < -0.4 is 5.73 Å². The summed E-state index contributed by atoms with van der Waals surface area (Å²) in [6, 6.07) is 0. The molecule has 112 valence electrons. The fraction of sp³-hybridized carbons (Fsp3) is 0.579. The van der Waals surface area contributed by atoms with Gasteiger partial charge in [-0.1, -0.05) is 38.5 Å². The topological polar surface area (TPSA) is 26.0 Å². The fourth-order valence-electron chi connectivity index (χ4n) is 3.18. The third-order valence-corrected chi connectivity index (χ3v) is 4.53. The Balaban J connectivity index is 3.26. The normalized spacial score (nSPS) is 22.2. The van der Waals surface area contributed by atoms with Gasteiger partial charge in [0.05, 0.1) is 0 Å². The highest BCUT2D eigenvalue weighted by molar-refractivity contribution is 5.52. The van der Waals surface area contributed by atoms with Crippen molar-refractivity contribution in [2.24, 2.45) is 17.1 Å². The van der Waals surface area contributed by atoms with E-state index in [0.29, 0.717) is 5.41 Å². The lowest BCUT2D eigenvalue weighted by molar-refractivity contribution is 0.216. The van der Waals surface area contributed by atoms with Gasteiger partial charge in [-0.2, -0.15) is 0 Å². The monoisotopic (exact) mass is 273 g/mol. The second-order valence-corrected chi connectivity index (χ2v) is 7.26. The minimum atomic E-state index is 0.365. The van der Waals surface area contributed by atoms with Crippen LogP contribution in [0.1, 0.15) is 60.8 Å². The molecule has 0 bridgehead atoms. The average molecular weight is 273 g/mol. The van der Waals surface area contributed by atoms with Crippen LogP contribution in [0.5, 0.6) is 0 Å². The molecule has 0 aromatic rings. The molecular formula is C19H31N. The van der Waals surface area contributed by atoms with E-state index >= 15 is 0 Å². The molecule has 1 aliphatic rings. The highest BCUT2D eigenvalue weighted by atomic mass is 14.5. The lowest BCUT2D eigenvalue weighted by atomic mass is 9.69. The van der Waals surface area contributed by atoms with Crippen molar-refractivity contribution >= 4 is 0 Å². The first kappa shape index (κ1) is 16.8. The molecule has 1 aliphatic carbocycles. The van der Waals surface area contributed by atoms with Crippen molar-refractivity contribution in [3.05, 3.63) is 46.7 Å². The largest absolute Gasteiger partial charge is 0.405 e. The molecule has 20 heavy (non-hydrogen) atoms. The first-order valence-electron chi connectivity index (χ1n) is 7.62.